The molecule has 0 bridgehead atoms. The first-order valence-corrected chi connectivity index (χ1v) is 7.61. The van der Waals surface area contributed by atoms with Gasteiger partial charge in [-0.05, 0) is 58.9 Å². The summed E-state index contributed by atoms with van der Waals surface area (Å²) < 4.78 is 20.5. The molecular formula is C15H14Br2FNO. The fourth-order valence-corrected chi connectivity index (χ4v) is 2.75. The van der Waals surface area contributed by atoms with Crippen LogP contribution in [0.3, 0.4) is 0 Å². The first-order chi connectivity index (χ1) is 9.56. The van der Waals surface area contributed by atoms with Crippen LogP contribution in [0.1, 0.15) is 17.2 Å². The van der Waals surface area contributed by atoms with Crippen molar-refractivity contribution in [1.29, 1.82) is 0 Å². The summed E-state index contributed by atoms with van der Waals surface area (Å²) in [5.74, 6) is 0.479. The second kappa shape index (κ2) is 6.70. The summed E-state index contributed by atoms with van der Waals surface area (Å²) in [5.41, 5.74) is 1.79. The molecule has 1 atom stereocenters. The van der Waals surface area contributed by atoms with Gasteiger partial charge in [0.1, 0.15) is 11.6 Å². The number of hydrogen-bond acceptors (Lipinski definition) is 2. The highest BCUT2D eigenvalue weighted by Gasteiger charge is 2.18. The van der Waals surface area contributed by atoms with Gasteiger partial charge < -0.3 is 10.1 Å². The highest BCUT2D eigenvalue weighted by atomic mass is 79.9. The van der Waals surface area contributed by atoms with Crippen LogP contribution in [-0.2, 0) is 0 Å². The molecule has 0 radical (unpaired) electrons. The average molecular weight is 403 g/mol. The second-order valence-electron chi connectivity index (χ2n) is 4.28. The fraction of sp³-hybridized carbons (Fsp3) is 0.200. The quantitative estimate of drug-likeness (QED) is 0.802. The van der Waals surface area contributed by atoms with E-state index in [-0.39, 0.29) is 11.9 Å². The van der Waals surface area contributed by atoms with Crippen LogP contribution in [0, 0.1) is 5.82 Å². The van der Waals surface area contributed by atoms with Crippen molar-refractivity contribution in [2.24, 2.45) is 0 Å². The van der Waals surface area contributed by atoms with E-state index in [0.717, 1.165) is 21.3 Å². The maximum Gasteiger partial charge on any atom is 0.137 e. The lowest BCUT2D eigenvalue weighted by atomic mass is 9.98. The Hall–Kier alpha value is -0.910. The van der Waals surface area contributed by atoms with Gasteiger partial charge in [-0.3, -0.25) is 0 Å². The summed E-state index contributed by atoms with van der Waals surface area (Å²) >= 11 is 6.63. The van der Waals surface area contributed by atoms with Gasteiger partial charge in [0.15, 0.2) is 0 Å². The first-order valence-electron chi connectivity index (χ1n) is 6.02. The minimum atomic E-state index is -0.281. The fourth-order valence-electron chi connectivity index (χ4n) is 2.12. The summed E-state index contributed by atoms with van der Waals surface area (Å²) in [5, 5.41) is 3.20. The predicted molar refractivity (Wildman–Crippen MR) is 85.7 cm³/mol. The van der Waals surface area contributed by atoms with Crippen LogP contribution in [0.5, 0.6) is 5.75 Å². The molecule has 0 saturated heterocycles. The number of hydrogen-bond donors (Lipinski definition) is 1. The first kappa shape index (κ1) is 15.5. The van der Waals surface area contributed by atoms with E-state index in [2.05, 4.69) is 37.2 Å². The Labute approximate surface area is 134 Å². The van der Waals surface area contributed by atoms with E-state index >= 15 is 0 Å². The van der Waals surface area contributed by atoms with Gasteiger partial charge in [-0.1, -0.05) is 22.0 Å². The van der Waals surface area contributed by atoms with E-state index in [0.29, 0.717) is 4.47 Å². The van der Waals surface area contributed by atoms with Crippen LogP contribution in [0.4, 0.5) is 4.39 Å². The van der Waals surface area contributed by atoms with Gasteiger partial charge in [0.05, 0.1) is 17.6 Å². The van der Waals surface area contributed by atoms with E-state index in [9.17, 15) is 4.39 Å². The summed E-state index contributed by atoms with van der Waals surface area (Å²) in [4.78, 5) is 0. The van der Waals surface area contributed by atoms with E-state index in [1.807, 2.05) is 31.3 Å². The molecule has 0 spiro atoms. The topological polar surface area (TPSA) is 21.3 Å². The molecule has 2 nitrogen and oxygen atoms in total. The molecule has 0 aliphatic heterocycles. The van der Waals surface area contributed by atoms with Crippen LogP contribution < -0.4 is 10.1 Å². The molecule has 0 aliphatic carbocycles. The molecule has 20 heavy (non-hydrogen) atoms. The zero-order valence-electron chi connectivity index (χ0n) is 11.1. The minimum absolute atomic E-state index is 0.148. The molecule has 5 heteroatoms. The maximum absolute atomic E-state index is 13.7. The highest BCUT2D eigenvalue weighted by Crippen LogP contribution is 2.33. The van der Waals surface area contributed by atoms with Crippen molar-refractivity contribution >= 4 is 31.9 Å². The molecule has 0 amide bonds. The highest BCUT2D eigenvalue weighted by molar-refractivity contribution is 9.10. The molecule has 1 unspecified atom stereocenters. The maximum atomic E-state index is 13.7. The lowest BCUT2D eigenvalue weighted by Gasteiger charge is -2.20. The Morgan fingerprint density at radius 2 is 1.90 bits per heavy atom. The van der Waals surface area contributed by atoms with E-state index < -0.39 is 0 Å². The Balaban J connectivity index is 2.51. The molecule has 2 rings (SSSR count). The molecule has 0 aliphatic rings. The summed E-state index contributed by atoms with van der Waals surface area (Å²) in [6, 6.07) is 10.7. The standard InChI is InChI=1S/C15H14Br2FNO/c1-19-15(9-3-5-12(17)13(18)7-9)11-8-10(16)4-6-14(11)20-2/h3-8,15,19H,1-2H3. The van der Waals surface area contributed by atoms with Crippen molar-refractivity contribution in [3.05, 3.63) is 62.3 Å². The second-order valence-corrected chi connectivity index (χ2v) is 6.05. The molecule has 0 aromatic heterocycles. The Morgan fingerprint density at radius 1 is 1.15 bits per heavy atom. The molecule has 2 aromatic rings. The molecule has 106 valence electrons. The predicted octanol–water partition coefficient (Wildman–Crippen LogP) is 4.67. The zero-order valence-corrected chi connectivity index (χ0v) is 14.3. The Kier molecular flexibility index (Phi) is 5.18. The number of benzene rings is 2. The van der Waals surface area contributed by atoms with Crippen molar-refractivity contribution < 1.29 is 9.13 Å². The van der Waals surface area contributed by atoms with Gasteiger partial charge in [0, 0.05) is 10.0 Å². The number of ether oxygens (including phenoxy) is 1. The number of halogens is 3. The van der Waals surface area contributed by atoms with Gasteiger partial charge in [-0.2, -0.15) is 0 Å². The van der Waals surface area contributed by atoms with Crippen LogP contribution in [0.2, 0.25) is 0 Å². The zero-order chi connectivity index (χ0) is 14.7. The SMILES string of the molecule is CNC(c1ccc(Br)c(F)c1)c1cc(Br)ccc1OC. The van der Waals surface area contributed by atoms with Crippen LogP contribution in [0.25, 0.3) is 0 Å². The smallest absolute Gasteiger partial charge is 0.137 e. The third-order valence-electron chi connectivity index (χ3n) is 3.07. The molecule has 1 N–H and O–H groups in total. The van der Waals surface area contributed by atoms with E-state index in [1.54, 1.807) is 13.2 Å². The Bertz CT molecular complexity index is 619. The van der Waals surface area contributed by atoms with E-state index in [4.69, 9.17) is 4.74 Å². The molecular weight excluding hydrogens is 389 g/mol. The summed E-state index contributed by atoms with van der Waals surface area (Å²) in [7, 11) is 3.46. The van der Waals surface area contributed by atoms with Crippen LogP contribution >= 0.6 is 31.9 Å². The molecule has 0 heterocycles. The van der Waals surface area contributed by atoms with Crippen molar-refractivity contribution in [3.63, 3.8) is 0 Å². The number of methoxy groups -OCH3 is 1. The monoisotopic (exact) mass is 401 g/mol. The minimum Gasteiger partial charge on any atom is -0.496 e. The van der Waals surface area contributed by atoms with E-state index in [1.165, 1.54) is 6.07 Å². The van der Waals surface area contributed by atoms with Crippen molar-refractivity contribution in [3.8, 4) is 5.75 Å². The third kappa shape index (κ3) is 3.22. The molecule has 0 fully saturated rings. The lowest BCUT2D eigenvalue weighted by molar-refractivity contribution is 0.405. The molecule has 0 saturated carbocycles. The number of rotatable bonds is 4. The van der Waals surface area contributed by atoms with Crippen molar-refractivity contribution in [2.45, 2.75) is 6.04 Å². The van der Waals surface area contributed by atoms with Crippen LogP contribution in [0.15, 0.2) is 45.3 Å². The molecule has 2 aromatic carbocycles. The average Bonchev–Trinajstić information content (AvgIpc) is 2.44. The van der Waals surface area contributed by atoms with Crippen LogP contribution in [-0.4, -0.2) is 14.2 Å². The summed E-state index contributed by atoms with van der Waals surface area (Å²) in [6.07, 6.45) is 0. The van der Waals surface area contributed by atoms with Crippen molar-refractivity contribution in [2.75, 3.05) is 14.2 Å². The van der Waals surface area contributed by atoms with Gasteiger partial charge >= 0.3 is 0 Å². The number of nitrogens with one attached hydrogen (secondary N) is 1. The Morgan fingerprint density at radius 3 is 2.50 bits per heavy atom. The van der Waals surface area contributed by atoms with Gasteiger partial charge in [0.2, 0.25) is 0 Å². The van der Waals surface area contributed by atoms with Gasteiger partial charge in [0.25, 0.3) is 0 Å². The van der Waals surface area contributed by atoms with Gasteiger partial charge in [-0.15, -0.1) is 0 Å². The largest absolute Gasteiger partial charge is 0.496 e. The van der Waals surface area contributed by atoms with Crippen molar-refractivity contribution in [1.82, 2.24) is 5.32 Å². The normalized spacial score (nSPS) is 12.2. The van der Waals surface area contributed by atoms with Gasteiger partial charge in [-0.25, -0.2) is 4.39 Å². The third-order valence-corrected chi connectivity index (χ3v) is 4.20. The lowest BCUT2D eigenvalue weighted by Crippen LogP contribution is -2.18. The summed E-state index contributed by atoms with van der Waals surface area (Å²) in [6.45, 7) is 0.